The number of pyridine rings is 1. The number of aryl methyl sites for hydroxylation is 1. The quantitative estimate of drug-likeness (QED) is 0.280. The molecule has 0 saturated heterocycles. The van der Waals surface area contributed by atoms with E-state index in [0.717, 1.165) is 30.4 Å². The van der Waals surface area contributed by atoms with E-state index < -0.39 is 0 Å². The fourth-order valence-corrected chi connectivity index (χ4v) is 3.17. The lowest BCUT2D eigenvalue weighted by Gasteiger charge is -2.14. The molecule has 0 aliphatic heterocycles. The average Bonchev–Trinajstić information content (AvgIpc) is 3.00. The molecule has 6 nitrogen and oxygen atoms in total. The Bertz CT molecular complexity index is 932. The number of fused-ring (bicyclic) bond motifs is 1. The summed E-state index contributed by atoms with van der Waals surface area (Å²) in [5.41, 5.74) is 4.76. The summed E-state index contributed by atoms with van der Waals surface area (Å²) in [5.74, 6) is 1.73. The molecular formula is C21H29IN6. The van der Waals surface area contributed by atoms with E-state index in [1.165, 1.54) is 22.2 Å². The Morgan fingerprint density at radius 3 is 2.64 bits per heavy atom. The van der Waals surface area contributed by atoms with E-state index >= 15 is 0 Å². The molecule has 3 N–H and O–H groups in total. The van der Waals surface area contributed by atoms with Crippen LogP contribution in [0.4, 0.5) is 5.82 Å². The van der Waals surface area contributed by atoms with Crippen LogP contribution in [0.5, 0.6) is 0 Å². The van der Waals surface area contributed by atoms with Crippen LogP contribution in [0.3, 0.4) is 0 Å². The van der Waals surface area contributed by atoms with Crippen molar-refractivity contribution in [3.8, 4) is 0 Å². The zero-order valence-electron chi connectivity index (χ0n) is 16.9. The van der Waals surface area contributed by atoms with Gasteiger partial charge in [0.05, 0.1) is 12.2 Å². The van der Waals surface area contributed by atoms with E-state index in [1.807, 2.05) is 37.2 Å². The van der Waals surface area contributed by atoms with Crippen LogP contribution in [0.15, 0.2) is 47.5 Å². The number of nitrogens with one attached hydrogen (secondary N) is 3. The van der Waals surface area contributed by atoms with Crippen LogP contribution in [0, 0.1) is 6.92 Å². The zero-order chi connectivity index (χ0) is 19.2. The number of rotatable bonds is 6. The number of H-pyrrole nitrogens is 1. The molecular weight excluding hydrogens is 463 g/mol. The largest absolute Gasteiger partial charge is 0.363 e. The lowest BCUT2D eigenvalue weighted by atomic mass is 10.1. The molecule has 0 fully saturated rings. The third kappa shape index (κ3) is 5.37. The van der Waals surface area contributed by atoms with E-state index in [4.69, 9.17) is 0 Å². The van der Waals surface area contributed by atoms with Crippen LogP contribution in [0.25, 0.3) is 10.9 Å². The second-order valence-electron chi connectivity index (χ2n) is 6.76. The normalized spacial score (nSPS) is 11.2. The summed E-state index contributed by atoms with van der Waals surface area (Å²) in [6.07, 6.45) is 0.935. The van der Waals surface area contributed by atoms with E-state index in [-0.39, 0.29) is 24.0 Å². The smallest absolute Gasteiger partial charge is 0.191 e. The van der Waals surface area contributed by atoms with E-state index in [0.29, 0.717) is 6.54 Å². The number of aliphatic imine (C=N–C) groups is 1. The highest BCUT2D eigenvalue weighted by Crippen LogP contribution is 2.21. The lowest BCUT2D eigenvalue weighted by molar-refractivity contribution is 0.782. The van der Waals surface area contributed by atoms with Crippen molar-refractivity contribution in [2.24, 2.45) is 4.99 Å². The van der Waals surface area contributed by atoms with Gasteiger partial charge in [-0.15, -0.1) is 24.0 Å². The molecule has 0 saturated carbocycles. The average molecular weight is 492 g/mol. The molecule has 0 bridgehead atoms. The van der Waals surface area contributed by atoms with Crippen molar-refractivity contribution in [2.45, 2.75) is 19.9 Å². The predicted molar refractivity (Wildman–Crippen MR) is 129 cm³/mol. The SMILES string of the molecule is CN=C(NCCc1c(C)[nH]c2ccccc12)NCc1cccc(N(C)C)n1.I. The maximum Gasteiger partial charge on any atom is 0.191 e. The Morgan fingerprint density at radius 2 is 1.89 bits per heavy atom. The van der Waals surface area contributed by atoms with Crippen molar-refractivity contribution in [2.75, 3.05) is 32.6 Å². The molecule has 28 heavy (non-hydrogen) atoms. The second kappa shape index (κ2) is 10.3. The maximum atomic E-state index is 4.62. The number of para-hydroxylation sites is 1. The Hall–Kier alpha value is -2.29. The first-order valence-electron chi connectivity index (χ1n) is 9.22. The van der Waals surface area contributed by atoms with Gasteiger partial charge in [0, 0.05) is 44.3 Å². The van der Waals surface area contributed by atoms with Gasteiger partial charge in [-0.05, 0) is 37.1 Å². The molecule has 2 aromatic heterocycles. The van der Waals surface area contributed by atoms with Gasteiger partial charge in [0.2, 0.25) is 0 Å². The zero-order valence-corrected chi connectivity index (χ0v) is 19.2. The number of benzene rings is 1. The van der Waals surface area contributed by atoms with Crippen molar-refractivity contribution >= 4 is 46.7 Å². The Balaban J connectivity index is 0.00000280. The van der Waals surface area contributed by atoms with Crippen molar-refractivity contribution in [1.29, 1.82) is 0 Å². The maximum absolute atomic E-state index is 4.62. The Kier molecular flexibility index (Phi) is 8.10. The number of hydrogen-bond acceptors (Lipinski definition) is 3. The summed E-state index contributed by atoms with van der Waals surface area (Å²) in [5, 5.41) is 8.02. The molecule has 3 rings (SSSR count). The number of halogens is 1. The molecule has 0 radical (unpaired) electrons. The fraction of sp³-hybridized carbons (Fsp3) is 0.333. The fourth-order valence-electron chi connectivity index (χ4n) is 3.17. The van der Waals surface area contributed by atoms with Crippen molar-refractivity contribution in [1.82, 2.24) is 20.6 Å². The van der Waals surface area contributed by atoms with Crippen LogP contribution in [0.2, 0.25) is 0 Å². The standard InChI is InChI=1S/C21H28N6.HI/c1-15-17(18-9-5-6-10-19(18)25-15)12-13-23-21(22-2)24-14-16-8-7-11-20(26-16)27(3)4;/h5-11,25H,12-14H2,1-4H3,(H2,22,23,24);1H. The first-order valence-corrected chi connectivity index (χ1v) is 9.22. The molecule has 0 atom stereocenters. The van der Waals surface area contributed by atoms with Crippen LogP contribution in [-0.2, 0) is 13.0 Å². The monoisotopic (exact) mass is 492 g/mol. The van der Waals surface area contributed by atoms with Gasteiger partial charge in [-0.2, -0.15) is 0 Å². The molecule has 150 valence electrons. The summed E-state index contributed by atoms with van der Waals surface area (Å²) in [7, 11) is 5.77. The molecule has 2 heterocycles. The van der Waals surface area contributed by atoms with Gasteiger partial charge in [-0.3, -0.25) is 4.99 Å². The summed E-state index contributed by atoms with van der Waals surface area (Å²) >= 11 is 0. The Labute approximate surface area is 183 Å². The van der Waals surface area contributed by atoms with Crippen LogP contribution < -0.4 is 15.5 Å². The van der Waals surface area contributed by atoms with Crippen molar-refractivity contribution in [3.63, 3.8) is 0 Å². The van der Waals surface area contributed by atoms with Crippen molar-refractivity contribution in [3.05, 3.63) is 59.4 Å². The number of guanidine groups is 1. The first-order chi connectivity index (χ1) is 13.1. The van der Waals surface area contributed by atoms with Crippen molar-refractivity contribution < 1.29 is 0 Å². The Morgan fingerprint density at radius 1 is 1.11 bits per heavy atom. The van der Waals surface area contributed by atoms with Crippen LogP contribution in [0.1, 0.15) is 17.0 Å². The first kappa shape index (κ1) is 22.0. The summed E-state index contributed by atoms with van der Waals surface area (Å²) < 4.78 is 0. The number of hydrogen-bond donors (Lipinski definition) is 3. The number of aromatic nitrogens is 2. The highest BCUT2D eigenvalue weighted by Gasteiger charge is 2.08. The molecule has 0 aliphatic rings. The van der Waals surface area contributed by atoms with Crippen LogP contribution in [-0.4, -0.2) is 43.6 Å². The third-order valence-corrected chi connectivity index (χ3v) is 4.61. The minimum atomic E-state index is 0. The molecule has 0 amide bonds. The molecule has 3 aromatic rings. The van der Waals surface area contributed by atoms with Gasteiger partial charge >= 0.3 is 0 Å². The summed E-state index contributed by atoms with van der Waals surface area (Å²) in [6, 6.07) is 14.5. The summed E-state index contributed by atoms with van der Waals surface area (Å²) in [6.45, 7) is 3.58. The number of aromatic amines is 1. The molecule has 0 aliphatic carbocycles. The van der Waals surface area contributed by atoms with Gasteiger partial charge in [0.1, 0.15) is 5.82 Å². The van der Waals surface area contributed by atoms with Crippen LogP contribution >= 0.6 is 24.0 Å². The highest BCUT2D eigenvalue weighted by atomic mass is 127. The van der Waals surface area contributed by atoms with Gasteiger partial charge in [-0.1, -0.05) is 24.3 Å². The molecule has 0 spiro atoms. The summed E-state index contributed by atoms with van der Waals surface area (Å²) in [4.78, 5) is 14.4. The third-order valence-electron chi connectivity index (χ3n) is 4.61. The predicted octanol–water partition coefficient (Wildman–Crippen LogP) is 3.46. The van der Waals surface area contributed by atoms with E-state index in [1.54, 1.807) is 7.05 Å². The highest BCUT2D eigenvalue weighted by molar-refractivity contribution is 14.0. The molecule has 7 heteroatoms. The van der Waals surface area contributed by atoms with E-state index in [2.05, 4.69) is 56.8 Å². The minimum absolute atomic E-state index is 0. The molecule has 0 unspecified atom stereocenters. The number of nitrogens with zero attached hydrogens (tertiary/aromatic N) is 3. The number of anilines is 1. The second-order valence-corrected chi connectivity index (χ2v) is 6.76. The minimum Gasteiger partial charge on any atom is -0.363 e. The van der Waals surface area contributed by atoms with E-state index in [9.17, 15) is 0 Å². The lowest BCUT2D eigenvalue weighted by Crippen LogP contribution is -2.38. The van der Waals surface area contributed by atoms with Gasteiger partial charge in [-0.25, -0.2) is 4.98 Å². The van der Waals surface area contributed by atoms with Gasteiger partial charge in [0.25, 0.3) is 0 Å². The van der Waals surface area contributed by atoms with Gasteiger partial charge < -0.3 is 20.5 Å². The van der Waals surface area contributed by atoms with Gasteiger partial charge in [0.15, 0.2) is 5.96 Å². The molecule has 1 aromatic carbocycles. The topological polar surface area (TPSA) is 68.3 Å².